The van der Waals surface area contributed by atoms with E-state index in [0.717, 1.165) is 6.42 Å². The fourth-order valence-electron chi connectivity index (χ4n) is 2.06. The first-order valence-electron chi connectivity index (χ1n) is 6.36. The van der Waals surface area contributed by atoms with Gasteiger partial charge >= 0.3 is 11.9 Å². The number of aliphatic hydroxyl groups excluding tert-OH is 1. The highest BCUT2D eigenvalue weighted by Crippen LogP contribution is 2.30. The Morgan fingerprint density at radius 3 is 2.44 bits per heavy atom. The third kappa shape index (κ3) is 4.29. The molecule has 0 spiro atoms. The lowest BCUT2D eigenvalue weighted by atomic mass is 9.81. The maximum absolute atomic E-state index is 11.8. The maximum atomic E-state index is 11.8. The monoisotopic (exact) mass is 258 g/mol. The molecule has 1 rings (SSSR count). The predicted octanol–water partition coefficient (Wildman–Crippen LogP) is 1.44. The lowest BCUT2D eigenvalue weighted by Crippen LogP contribution is -2.32. The SMILES string of the molecule is CC(C)(CO)COC(=O)C1CCCC(C(=O)O)C1. The van der Waals surface area contributed by atoms with Crippen molar-refractivity contribution in [3.05, 3.63) is 0 Å². The van der Waals surface area contributed by atoms with E-state index < -0.39 is 17.3 Å². The molecule has 0 aromatic carbocycles. The van der Waals surface area contributed by atoms with Crippen LogP contribution in [0.1, 0.15) is 39.5 Å². The van der Waals surface area contributed by atoms with Crippen LogP contribution in [0.3, 0.4) is 0 Å². The molecule has 1 fully saturated rings. The molecular formula is C13H22O5. The van der Waals surface area contributed by atoms with Crippen LogP contribution in [0.4, 0.5) is 0 Å². The van der Waals surface area contributed by atoms with Crippen LogP contribution in [0.15, 0.2) is 0 Å². The normalized spacial score (nSPS) is 24.6. The van der Waals surface area contributed by atoms with Crippen molar-refractivity contribution < 1.29 is 24.5 Å². The molecule has 0 saturated heterocycles. The number of rotatable bonds is 5. The number of hydrogen-bond donors (Lipinski definition) is 2. The highest BCUT2D eigenvalue weighted by atomic mass is 16.5. The van der Waals surface area contributed by atoms with E-state index in [-0.39, 0.29) is 25.1 Å². The second-order valence-electron chi connectivity index (χ2n) is 5.83. The second kappa shape index (κ2) is 6.18. The van der Waals surface area contributed by atoms with E-state index in [1.54, 1.807) is 13.8 Å². The van der Waals surface area contributed by atoms with Gasteiger partial charge in [0.2, 0.25) is 0 Å². The van der Waals surface area contributed by atoms with Gasteiger partial charge in [0, 0.05) is 5.41 Å². The van der Waals surface area contributed by atoms with Crippen LogP contribution in [0.5, 0.6) is 0 Å². The molecule has 18 heavy (non-hydrogen) atoms. The van der Waals surface area contributed by atoms with Crippen molar-refractivity contribution in [3.8, 4) is 0 Å². The third-order valence-electron chi connectivity index (χ3n) is 3.39. The standard InChI is InChI=1S/C13H22O5/c1-13(2,7-14)8-18-12(17)10-5-3-4-9(6-10)11(15)16/h9-10,14H,3-8H2,1-2H3,(H,15,16). The van der Waals surface area contributed by atoms with Gasteiger partial charge < -0.3 is 14.9 Å². The van der Waals surface area contributed by atoms with E-state index in [9.17, 15) is 9.59 Å². The van der Waals surface area contributed by atoms with E-state index in [2.05, 4.69) is 0 Å². The van der Waals surface area contributed by atoms with E-state index in [1.807, 2.05) is 0 Å². The average molecular weight is 258 g/mol. The second-order valence-corrected chi connectivity index (χ2v) is 5.83. The molecule has 5 heteroatoms. The Labute approximate surface area is 107 Å². The zero-order chi connectivity index (χ0) is 13.8. The summed E-state index contributed by atoms with van der Waals surface area (Å²) in [6, 6.07) is 0. The largest absolute Gasteiger partial charge is 0.481 e. The van der Waals surface area contributed by atoms with E-state index in [0.29, 0.717) is 19.3 Å². The average Bonchev–Trinajstić information content (AvgIpc) is 2.36. The molecule has 0 amide bonds. The van der Waals surface area contributed by atoms with Gasteiger partial charge in [0.1, 0.15) is 0 Å². The number of esters is 1. The summed E-state index contributed by atoms with van der Waals surface area (Å²) < 4.78 is 5.17. The molecule has 2 atom stereocenters. The highest BCUT2D eigenvalue weighted by Gasteiger charge is 2.32. The Bertz CT molecular complexity index is 311. The van der Waals surface area contributed by atoms with Crippen molar-refractivity contribution in [2.24, 2.45) is 17.3 Å². The quantitative estimate of drug-likeness (QED) is 0.729. The van der Waals surface area contributed by atoms with Crippen molar-refractivity contribution in [1.82, 2.24) is 0 Å². The van der Waals surface area contributed by atoms with E-state index >= 15 is 0 Å². The number of carboxylic acids is 1. The summed E-state index contributed by atoms with van der Waals surface area (Å²) in [6.45, 7) is 3.72. The molecule has 0 bridgehead atoms. The van der Waals surface area contributed by atoms with E-state index in [1.165, 1.54) is 0 Å². The molecular weight excluding hydrogens is 236 g/mol. The van der Waals surface area contributed by atoms with Crippen LogP contribution in [0.2, 0.25) is 0 Å². The lowest BCUT2D eigenvalue weighted by Gasteiger charge is -2.27. The summed E-state index contributed by atoms with van der Waals surface area (Å²) >= 11 is 0. The maximum Gasteiger partial charge on any atom is 0.308 e. The minimum absolute atomic E-state index is 0.0529. The summed E-state index contributed by atoms with van der Waals surface area (Å²) in [4.78, 5) is 22.7. The molecule has 0 aromatic heterocycles. The number of carboxylic acid groups (broad SMARTS) is 1. The molecule has 2 unspecified atom stereocenters. The number of ether oxygens (including phenoxy) is 1. The summed E-state index contributed by atoms with van der Waals surface area (Å²) in [6.07, 6.45) is 2.46. The third-order valence-corrected chi connectivity index (χ3v) is 3.39. The van der Waals surface area contributed by atoms with Crippen molar-refractivity contribution >= 4 is 11.9 Å². The predicted molar refractivity (Wildman–Crippen MR) is 64.9 cm³/mol. The Balaban J connectivity index is 2.44. The first-order valence-corrected chi connectivity index (χ1v) is 6.36. The van der Waals surface area contributed by atoms with Crippen LogP contribution in [-0.2, 0) is 14.3 Å². The van der Waals surface area contributed by atoms with Crippen molar-refractivity contribution in [1.29, 1.82) is 0 Å². The van der Waals surface area contributed by atoms with Gasteiger partial charge in [-0.25, -0.2) is 0 Å². The van der Waals surface area contributed by atoms with Crippen LogP contribution in [0, 0.1) is 17.3 Å². The van der Waals surface area contributed by atoms with Crippen molar-refractivity contribution in [3.63, 3.8) is 0 Å². The molecule has 0 aliphatic heterocycles. The molecule has 104 valence electrons. The van der Waals surface area contributed by atoms with Gasteiger partial charge in [0.05, 0.1) is 25.0 Å². The first-order chi connectivity index (χ1) is 8.35. The Morgan fingerprint density at radius 1 is 1.28 bits per heavy atom. The number of aliphatic carboxylic acids is 1. The van der Waals surface area contributed by atoms with Crippen molar-refractivity contribution in [2.75, 3.05) is 13.2 Å². The van der Waals surface area contributed by atoms with Gasteiger partial charge in [0.25, 0.3) is 0 Å². The fraction of sp³-hybridized carbons (Fsp3) is 0.846. The summed E-state index contributed by atoms with van der Waals surface area (Å²) in [5.74, 6) is -1.90. The van der Waals surface area contributed by atoms with Crippen LogP contribution in [-0.4, -0.2) is 35.4 Å². The first kappa shape index (κ1) is 15.0. The summed E-state index contributed by atoms with van der Waals surface area (Å²) in [7, 11) is 0. The van der Waals surface area contributed by atoms with Gasteiger partial charge in [-0.1, -0.05) is 20.3 Å². The van der Waals surface area contributed by atoms with Crippen LogP contribution < -0.4 is 0 Å². The molecule has 1 saturated carbocycles. The van der Waals surface area contributed by atoms with Gasteiger partial charge in [-0.3, -0.25) is 9.59 Å². The minimum atomic E-state index is -0.830. The number of hydrogen-bond acceptors (Lipinski definition) is 4. The summed E-state index contributed by atoms with van der Waals surface area (Å²) in [5.41, 5.74) is -0.448. The Kier molecular flexibility index (Phi) is 5.14. The van der Waals surface area contributed by atoms with Gasteiger partial charge in [0.15, 0.2) is 0 Å². The molecule has 0 radical (unpaired) electrons. The smallest absolute Gasteiger partial charge is 0.308 e. The summed E-state index contributed by atoms with van der Waals surface area (Å²) in [5, 5.41) is 18.0. The van der Waals surface area contributed by atoms with Gasteiger partial charge in [-0.15, -0.1) is 0 Å². The molecule has 0 heterocycles. The van der Waals surface area contributed by atoms with E-state index in [4.69, 9.17) is 14.9 Å². The molecule has 2 N–H and O–H groups in total. The number of aliphatic hydroxyl groups is 1. The molecule has 0 aromatic rings. The molecule has 1 aliphatic rings. The zero-order valence-corrected chi connectivity index (χ0v) is 11.0. The molecule has 5 nitrogen and oxygen atoms in total. The lowest BCUT2D eigenvalue weighted by molar-refractivity contribution is -0.155. The zero-order valence-electron chi connectivity index (χ0n) is 11.0. The Morgan fingerprint density at radius 2 is 1.89 bits per heavy atom. The highest BCUT2D eigenvalue weighted by molar-refractivity contribution is 5.75. The van der Waals surface area contributed by atoms with Crippen molar-refractivity contribution in [2.45, 2.75) is 39.5 Å². The number of carbonyl (C=O) groups excluding carboxylic acids is 1. The fourth-order valence-corrected chi connectivity index (χ4v) is 2.06. The molecule has 1 aliphatic carbocycles. The number of carbonyl (C=O) groups is 2. The minimum Gasteiger partial charge on any atom is -0.481 e. The topological polar surface area (TPSA) is 83.8 Å². The Hall–Kier alpha value is -1.10. The van der Waals surface area contributed by atoms with Gasteiger partial charge in [-0.05, 0) is 19.3 Å². The van der Waals surface area contributed by atoms with Crippen LogP contribution in [0.25, 0.3) is 0 Å². The van der Waals surface area contributed by atoms with Crippen LogP contribution >= 0.6 is 0 Å². The van der Waals surface area contributed by atoms with Gasteiger partial charge in [-0.2, -0.15) is 0 Å².